The molecule has 0 aliphatic carbocycles. The van der Waals surface area contributed by atoms with Crippen LogP contribution in [0.2, 0.25) is 0 Å². The lowest BCUT2D eigenvalue weighted by Crippen LogP contribution is -2.38. The lowest BCUT2D eigenvalue weighted by atomic mass is 10.2. The van der Waals surface area contributed by atoms with Gasteiger partial charge in [-0.1, -0.05) is 6.92 Å². The fraction of sp³-hybridized carbons (Fsp3) is 0.833. The van der Waals surface area contributed by atoms with Gasteiger partial charge in [-0.2, -0.15) is 0 Å². The molecule has 116 valence electrons. The van der Waals surface area contributed by atoms with E-state index >= 15 is 0 Å². The molecule has 0 aromatic rings. The molecule has 2 atom stereocenters. The molecule has 0 saturated carbocycles. The fourth-order valence-corrected chi connectivity index (χ4v) is 5.53. The Morgan fingerprint density at radius 2 is 2.10 bits per heavy atom. The summed E-state index contributed by atoms with van der Waals surface area (Å²) in [5, 5.41) is 8.84. The minimum absolute atomic E-state index is 0.0143. The van der Waals surface area contributed by atoms with Crippen LogP contribution in [0.4, 0.5) is 0 Å². The highest BCUT2D eigenvalue weighted by molar-refractivity contribution is 8.02. The maximum Gasteiger partial charge on any atom is 0.308 e. The molecule has 8 heteroatoms. The summed E-state index contributed by atoms with van der Waals surface area (Å²) >= 11 is 1.36. The van der Waals surface area contributed by atoms with Crippen LogP contribution in [-0.4, -0.2) is 65.9 Å². The SMILES string of the molecule is CCN(CC(C)C(=O)O)C(=O)CSC1CCS(=O)(=O)C1. The van der Waals surface area contributed by atoms with Crippen LogP contribution in [0.1, 0.15) is 20.3 Å². The smallest absolute Gasteiger partial charge is 0.308 e. The summed E-state index contributed by atoms with van der Waals surface area (Å²) in [7, 11) is -2.92. The summed E-state index contributed by atoms with van der Waals surface area (Å²) in [6, 6.07) is 0. The Morgan fingerprint density at radius 1 is 1.45 bits per heavy atom. The zero-order valence-electron chi connectivity index (χ0n) is 11.7. The van der Waals surface area contributed by atoms with E-state index in [1.54, 1.807) is 13.8 Å². The normalized spacial score (nSPS) is 22.4. The zero-order valence-corrected chi connectivity index (χ0v) is 13.4. The number of amides is 1. The average molecular weight is 323 g/mol. The summed E-state index contributed by atoms with van der Waals surface area (Å²) in [6.45, 7) is 4.01. The molecule has 0 spiro atoms. The quantitative estimate of drug-likeness (QED) is 0.732. The Hall–Kier alpha value is -0.760. The molecule has 1 aliphatic rings. The second-order valence-electron chi connectivity index (χ2n) is 5.01. The number of carboxylic acids is 1. The highest BCUT2D eigenvalue weighted by Gasteiger charge is 2.29. The Kier molecular flexibility index (Phi) is 6.32. The van der Waals surface area contributed by atoms with Crippen molar-refractivity contribution in [2.24, 2.45) is 5.92 Å². The number of sulfone groups is 1. The van der Waals surface area contributed by atoms with Crippen LogP contribution in [-0.2, 0) is 19.4 Å². The first-order chi connectivity index (χ1) is 9.25. The van der Waals surface area contributed by atoms with E-state index in [9.17, 15) is 18.0 Å². The number of hydrogen-bond donors (Lipinski definition) is 1. The molecular formula is C12H21NO5S2. The van der Waals surface area contributed by atoms with E-state index in [1.807, 2.05) is 0 Å². The summed E-state index contributed by atoms with van der Waals surface area (Å²) in [5.74, 6) is -1.11. The fourth-order valence-electron chi connectivity index (χ4n) is 1.99. The van der Waals surface area contributed by atoms with Crippen molar-refractivity contribution < 1.29 is 23.1 Å². The predicted molar refractivity (Wildman–Crippen MR) is 78.6 cm³/mol. The number of hydrogen-bond acceptors (Lipinski definition) is 5. The summed E-state index contributed by atoms with van der Waals surface area (Å²) in [6.07, 6.45) is 0.595. The minimum atomic E-state index is -2.92. The van der Waals surface area contributed by atoms with E-state index in [4.69, 9.17) is 5.11 Å². The van der Waals surface area contributed by atoms with Gasteiger partial charge in [-0.15, -0.1) is 11.8 Å². The number of aliphatic carboxylic acids is 1. The second kappa shape index (κ2) is 7.31. The first-order valence-corrected chi connectivity index (χ1v) is 9.44. The van der Waals surface area contributed by atoms with Gasteiger partial charge >= 0.3 is 5.97 Å². The maximum atomic E-state index is 12.0. The van der Waals surface area contributed by atoms with Crippen molar-refractivity contribution in [2.75, 3.05) is 30.3 Å². The van der Waals surface area contributed by atoms with Gasteiger partial charge in [0.15, 0.2) is 9.84 Å². The average Bonchev–Trinajstić information content (AvgIpc) is 2.72. The van der Waals surface area contributed by atoms with E-state index in [-0.39, 0.29) is 35.0 Å². The highest BCUT2D eigenvalue weighted by Crippen LogP contribution is 2.24. The molecular weight excluding hydrogens is 302 g/mol. The lowest BCUT2D eigenvalue weighted by Gasteiger charge is -2.23. The van der Waals surface area contributed by atoms with E-state index < -0.39 is 21.7 Å². The third-order valence-corrected chi connectivity index (χ3v) is 6.55. The number of carboxylic acid groups (broad SMARTS) is 1. The Balaban J connectivity index is 2.42. The molecule has 1 N–H and O–H groups in total. The van der Waals surface area contributed by atoms with E-state index in [1.165, 1.54) is 16.7 Å². The van der Waals surface area contributed by atoms with Crippen molar-refractivity contribution in [1.82, 2.24) is 4.90 Å². The predicted octanol–water partition coefficient (Wildman–Crippen LogP) is 0.476. The third kappa shape index (κ3) is 5.32. The van der Waals surface area contributed by atoms with E-state index in [0.717, 1.165) is 0 Å². The van der Waals surface area contributed by atoms with Gasteiger partial charge in [0, 0.05) is 18.3 Å². The van der Waals surface area contributed by atoms with Gasteiger partial charge in [0.2, 0.25) is 5.91 Å². The monoisotopic (exact) mass is 323 g/mol. The molecule has 0 aromatic carbocycles. The minimum Gasteiger partial charge on any atom is -0.481 e. The largest absolute Gasteiger partial charge is 0.481 e. The molecule has 1 aliphatic heterocycles. The molecule has 0 radical (unpaired) electrons. The highest BCUT2D eigenvalue weighted by atomic mass is 32.2. The van der Waals surface area contributed by atoms with Gasteiger partial charge in [0.25, 0.3) is 0 Å². The number of carbonyl (C=O) groups excluding carboxylic acids is 1. The molecule has 1 saturated heterocycles. The van der Waals surface area contributed by atoms with Gasteiger partial charge in [0.05, 0.1) is 23.2 Å². The first-order valence-electron chi connectivity index (χ1n) is 6.57. The van der Waals surface area contributed by atoms with Crippen molar-refractivity contribution in [3.05, 3.63) is 0 Å². The topological polar surface area (TPSA) is 91.8 Å². The molecule has 1 heterocycles. The van der Waals surface area contributed by atoms with Gasteiger partial charge in [-0.25, -0.2) is 8.42 Å². The van der Waals surface area contributed by atoms with Crippen LogP contribution in [0.15, 0.2) is 0 Å². The Bertz CT molecular complexity index is 462. The van der Waals surface area contributed by atoms with Gasteiger partial charge in [0.1, 0.15) is 0 Å². The summed E-state index contributed by atoms with van der Waals surface area (Å²) < 4.78 is 22.6. The molecule has 1 rings (SSSR count). The van der Waals surface area contributed by atoms with E-state index in [2.05, 4.69) is 0 Å². The molecule has 6 nitrogen and oxygen atoms in total. The maximum absolute atomic E-state index is 12.0. The zero-order chi connectivity index (χ0) is 15.3. The van der Waals surface area contributed by atoms with Crippen molar-refractivity contribution in [1.29, 1.82) is 0 Å². The molecule has 1 amide bonds. The number of nitrogens with zero attached hydrogens (tertiary/aromatic N) is 1. The van der Waals surface area contributed by atoms with Crippen LogP contribution in [0.3, 0.4) is 0 Å². The summed E-state index contributed by atoms with van der Waals surface area (Å²) in [4.78, 5) is 24.3. The van der Waals surface area contributed by atoms with Crippen LogP contribution in [0.25, 0.3) is 0 Å². The van der Waals surface area contributed by atoms with Crippen LogP contribution in [0.5, 0.6) is 0 Å². The van der Waals surface area contributed by atoms with Crippen molar-refractivity contribution in [3.63, 3.8) is 0 Å². The van der Waals surface area contributed by atoms with Crippen molar-refractivity contribution in [2.45, 2.75) is 25.5 Å². The Morgan fingerprint density at radius 3 is 2.55 bits per heavy atom. The standard InChI is InChI=1S/C12H21NO5S2/c1-3-13(6-9(2)12(15)16)11(14)7-19-10-4-5-20(17,18)8-10/h9-10H,3-8H2,1-2H3,(H,15,16). The molecule has 20 heavy (non-hydrogen) atoms. The number of carbonyl (C=O) groups is 2. The molecule has 2 unspecified atom stereocenters. The third-order valence-electron chi connectivity index (χ3n) is 3.28. The molecule has 0 bridgehead atoms. The van der Waals surface area contributed by atoms with Gasteiger partial charge in [-0.3, -0.25) is 9.59 Å². The Labute approximate surface area is 123 Å². The second-order valence-corrected chi connectivity index (χ2v) is 8.53. The molecule has 0 aromatic heterocycles. The lowest BCUT2D eigenvalue weighted by molar-refractivity contribution is -0.142. The van der Waals surface area contributed by atoms with Crippen molar-refractivity contribution >= 4 is 33.5 Å². The van der Waals surface area contributed by atoms with Crippen LogP contribution < -0.4 is 0 Å². The van der Waals surface area contributed by atoms with Crippen LogP contribution >= 0.6 is 11.8 Å². The summed E-state index contributed by atoms with van der Waals surface area (Å²) in [5.41, 5.74) is 0. The first kappa shape index (κ1) is 17.3. The van der Waals surface area contributed by atoms with Gasteiger partial charge < -0.3 is 10.0 Å². The van der Waals surface area contributed by atoms with Gasteiger partial charge in [-0.05, 0) is 13.3 Å². The van der Waals surface area contributed by atoms with Crippen molar-refractivity contribution in [3.8, 4) is 0 Å². The van der Waals surface area contributed by atoms with E-state index in [0.29, 0.717) is 13.0 Å². The van der Waals surface area contributed by atoms with Crippen LogP contribution in [0, 0.1) is 5.92 Å². The molecule has 1 fully saturated rings. The number of rotatable bonds is 7. The number of thioether (sulfide) groups is 1.